The Hall–Kier alpha value is -2.04. The average molecular weight is 377 g/mol. The fourth-order valence-electron chi connectivity index (χ4n) is 2.90. The van der Waals surface area contributed by atoms with E-state index in [1.807, 2.05) is 6.92 Å². The van der Waals surface area contributed by atoms with E-state index in [2.05, 4.69) is 0 Å². The molecular weight excluding hydrogens is 359 g/mol. The van der Waals surface area contributed by atoms with E-state index in [9.17, 15) is 9.59 Å². The van der Waals surface area contributed by atoms with Crippen molar-refractivity contribution in [3.63, 3.8) is 0 Å². The summed E-state index contributed by atoms with van der Waals surface area (Å²) < 4.78 is 0. The van der Waals surface area contributed by atoms with Crippen LogP contribution in [-0.2, 0) is 9.59 Å². The number of anilines is 2. The highest BCUT2D eigenvalue weighted by Gasteiger charge is 2.46. The number of hydrogen-bond donors (Lipinski definition) is 0. The number of rotatable bonds is 5. The van der Waals surface area contributed by atoms with Crippen molar-refractivity contribution < 1.29 is 9.59 Å². The lowest BCUT2D eigenvalue weighted by atomic mass is 10.0. The molecule has 0 aromatic heterocycles. The van der Waals surface area contributed by atoms with E-state index in [1.54, 1.807) is 48.5 Å². The third kappa shape index (κ3) is 3.51. The zero-order chi connectivity index (χ0) is 18.0. The Balaban J connectivity index is 2.03. The molecular formula is C19H18Cl2N2O2. The number of amides is 2. The minimum atomic E-state index is -0.661. The van der Waals surface area contributed by atoms with Gasteiger partial charge in [0.05, 0.1) is 11.4 Å². The Labute approximate surface area is 156 Å². The maximum Gasteiger partial charge on any atom is 0.258 e. The molecule has 0 radical (unpaired) electrons. The summed E-state index contributed by atoms with van der Waals surface area (Å²) in [7, 11) is 0. The van der Waals surface area contributed by atoms with E-state index in [1.165, 1.54) is 10.0 Å². The highest BCUT2D eigenvalue weighted by Crippen LogP contribution is 2.34. The maximum absolute atomic E-state index is 13.0. The van der Waals surface area contributed by atoms with Gasteiger partial charge in [0.2, 0.25) is 0 Å². The summed E-state index contributed by atoms with van der Waals surface area (Å²) in [5.74, 6) is -1.09. The largest absolute Gasteiger partial charge is 0.272 e. The summed E-state index contributed by atoms with van der Waals surface area (Å²) in [4.78, 5) is 25.9. The molecule has 1 saturated heterocycles. The first-order valence-corrected chi connectivity index (χ1v) is 8.97. The number of halogens is 2. The number of hydrogen-bond acceptors (Lipinski definition) is 2. The van der Waals surface area contributed by atoms with Gasteiger partial charge in [-0.25, -0.2) is 10.0 Å². The fourth-order valence-corrected chi connectivity index (χ4v) is 3.16. The van der Waals surface area contributed by atoms with E-state index in [0.717, 1.165) is 12.8 Å². The molecule has 0 unspecified atom stereocenters. The van der Waals surface area contributed by atoms with Crippen LogP contribution in [-0.4, -0.2) is 11.8 Å². The average Bonchev–Trinajstić information content (AvgIpc) is 2.85. The molecule has 6 heteroatoms. The second-order valence-electron chi connectivity index (χ2n) is 5.95. The second kappa shape index (κ2) is 7.46. The number of nitrogens with zero attached hydrogens (tertiary/aromatic N) is 2. The van der Waals surface area contributed by atoms with Crippen LogP contribution in [0.25, 0.3) is 0 Å². The van der Waals surface area contributed by atoms with Crippen LogP contribution in [0.4, 0.5) is 11.4 Å². The predicted molar refractivity (Wildman–Crippen MR) is 101 cm³/mol. The van der Waals surface area contributed by atoms with Crippen LogP contribution in [0.2, 0.25) is 10.0 Å². The van der Waals surface area contributed by atoms with Gasteiger partial charge in [0.15, 0.2) is 0 Å². The highest BCUT2D eigenvalue weighted by atomic mass is 35.5. The molecule has 0 saturated carbocycles. The fraction of sp³-hybridized carbons (Fsp3) is 0.263. The van der Waals surface area contributed by atoms with Crippen molar-refractivity contribution in [1.82, 2.24) is 0 Å². The molecule has 25 heavy (non-hydrogen) atoms. The molecule has 0 spiro atoms. The number of hydrazine groups is 1. The SMILES string of the molecule is CCCCC1C(=O)N(c2ccc(Cl)cc2)N(c2ccc(Cl)cc2)C1=O. The summed E-state index contributed by atoms with van der Waals surface area (Å²) >= 11 is 11.9. The number of carbonyl (C=O) groups is 2. The van der Waals surface area contributed by atoms with Gasteiger partial charge < -0.3 is 0 Å². The quantitative estimate of drug-likeness (QED) is 0.681. The zero-order valence-electron chi connectivity index (χ0n) is 13.8. The Bertz CT molecular complexity index is 712. The van der Waals surface area contributed by atoms with Crippen molar-refractivity contribution in [2.24, 2.45) is 5.92 Å². The first-order valence-electron chi connectivity index (χ1n) is 8.22. The third-order valence-electron chi connectivity index (χ3n) is 4.20. The smallest absolute Gasteiger partial charge is 0.258 e. The van der Waals surface area contributed by atoms with E-state index >= 15 is 0 Å². The van der Waals surface area contributed by atoms with E-state index < -0.39 is 5.92 Å². The first-order chi connectivity index (χ1) is 12.0. The third-order valence-corrected chi connectivity index (χ3v) is 4.71. The Morgan fingerprint density at radius 3 is 1.56 bits per heavy atom. The summed E-state index contributed by atoms with van der Waals surface area (Å²) in [6.07, 6.45) is 2.30. The maximum atomic E-state index is 13.0. The molecule has 1 heterocycles. The lowest BCUT2D eigenvalue weighted by molar-refractivity contribution is -0.127. The van der Waals surface area contributed by atoms with Crippen molar-refractivity contribution >= 4 is 46.4 Å². The Kier molecular flexibility index (Phi) is 5.30. The van der Waals surface area contributed by atoms with Crippen LogP contribution >= 0.6 is 23.2 Å². The molecule has 2 amide bonds. The number of benzene rings is 2. The van der Waals surface area contributed by atoms with Gasteiger partial charge in [0.1, 0.15) is 5.92 Å². The van der Waals surface area contributed by atoms with Crippen molar-refractivity contribution in [2.45, 2.75) is 26.2 Å². The summed E-state index contributed by atoms with van der Waals surface area (Å²) in [5.41, 5.74) is 1.22. The number of unbranched alkanes of at least 4 members (excludes halogenated alkanes) is 1. The lowest BCUT2D eigenvalue weighted by Crippen LogP contribution is -2.41. The van der Waals surface area contributed by atoms with E-state index in [4.69, 9.17) is 23.2 Å². The van der Waals surface area contributed by atoms with Gasteiger partial charge in [-0.3, -0.25) is 9.59 Å². The van der Waals surface area contributed by atoms with Crippen LogP contribution in [0.5, 0.6) is 0 Å². The molecule has 0 aliphatic carbocycles. The van der Waals surface area contributed by atoms with Crippen LogP contribution < -0.4 is 10.0 Å². The topological polar surface area (TPSA) is 40.6 Å². The minimum absolute atomic E-state index is 0.212. The van der Waals surface area contributed by atoms with Crippen LogP contribution in [0, 0.1) is 5.92 Å². The summed E-state index contributed by atoms with van der Waals surface area (Å²) in [5, 5.41) is 4.01. The van der Waals surface area contributed by atoms with Gasteiger partial charge in [0, 0.05) is 10.0 Å². The molecule has 2 aromatic carbocycles. The lowest BCUT2D eigenvalue weighted by Gasteiger charge is -2.27. The van der Waals surface area contributed by atoms with E-state index in [0.29, 0.717) is 27.8 Å². The molecule has 0 N–H and O–H groups in total. The molecule has 1 fully saturated rings. The van der Waals surface area contributed by atoms with Crippen LogP contribution in [0.1, 0.15) is 26.2 Å². The van der Waals surface area contributed by atoms with Crippen LogP contribution in [0.15, 0.2) is 48.5 Å². The standard InChI is InChI=1S/C19H18Cl2N2O2/c1-2-3-4-17-18(24)22(15-9-5-13(20)6-10-15)23(19(17)25)16-11-7-14(21)8-12-16/h5-12,17H,2-4H2,1H3. The first kappa shape index (κ1) is 17.8. The highest BCUT2D eigenvalue weighted by molar-refractivity contribution is 6.31. The normalized spacial score (nSPS) is 15.3. The minimum Gasteiger partial charge on any atom is -0.272 e. The Morgan fingerprint density at radius 1 is 0.800 bits per heavy atom. The zero-order valence-corrected chi connectivity index (χ0v) is 15.3. The number of carbonyl (C=O) groups excluding carboxylic acids is 2. The Morgan fingerprint density at radius 2 is 1.20 bits per heavy atom. The molecule has 3 rings (SSSR count). The van der Waals surface area contributed by atoms with Gasteiger partial charge in [-0.1, -0.05) is 43.0 Å². The van der Waals surface area contributed by atoms with Gasteiger partial charge in [0.25, 0.3) is 11.8 Å². The van der Waals surface area contributed by atoms with Crippen molar-refractivity contribution in [3.05, 3.63) is 58.6 Å². The molecule has 1 aliphatic heterocycles. The van der Waals surface area contributed by atoms with Crippen LogP contribution in [0.3, 0.4) is 0 Å². The summed E-state index contributed by atoms with van der Waals surface area (Å²) in [6.45, 7) is 2.04. The molecule has 0 bridgehead atoms. The van der Waals surface area contributed by atoms with Gasteiger partial charge >= 0.3 is 0 Å². The molecule has 130 valence electrons. The molecule has 4 nitrogen and oxygen atoms in total. The van der Waals surface area contributed by atoms with Crippen molar-refractivity contribution in [1.29, 1.82) is 0 Å². The monoisotopic (exact) mass is 376 g/mol. The van der Waals surface area contributed by atoms with Crippen molar-refractivity contribution in [3.8, 4) is 0 Å². The molecule has 2 aromatic rings. The second-order valence-corrected chi connectivity index (χ2v) is 6.82. The van der Waals surface area contributed by atoms with E-state index in [-0.39, 0.29) is 11.8 Å². The van der Waals surface area contributed by atoms with Gasteiger partial charge in [-0.05, 0) is 55.0 Å². The predicted octanol–water partition coefficient (Wildman–Crippen LogP) is 5.09. The molecule has 0 atom stereocenters. The summed E-state index contributed by atoms with van der Waals surface area (Å²) in [6, 6.07) is 13.7. The van der Waals surface area contributed by atoms with Gasteiger partial charge in [-0.2, -0.15) is 0 Å². The molecule has 1 aliphatic rings. The van der Waals surface area contributed by atoms with Crippen molar-refractivity contribution in [2.75, 3.05) is 10.0 Å². The van der Waals surface area contributed by atoms with Gasteiger partial charge in [-0.15, -0.1) is 0 Å².